The highest BCUT2D eigenvalue weighted by atomic mass is 16.5. The number of carbonyl (C=O) groups is 1. The van der Waals surface area contributed by atoms with Crippen molar-refractivity contribution in [1.29, 1.82) is 0 Å². The maximum atomic E-state index is 10.9. The molecular weight excluding hydrogens is 156 g/mol. The van der Waals surface area contributed by atoms with Gasteiger partial charge in [-0.05, 0) is 25.2 Å². The van der Waals surface area contributed by atoms with Crippen molar-refractivity contribution in [3.63, 3.8) is 0 Å². The number of carboxylic acids is 1. The molecule has 3 saturated carbocycles. The first-order valence-corrected chi connectivity index (χ1v) is 4.40. The van der Waals surface area contributed by atoms with Crippen LogP contribution >= 0.6 is 0 Å². The summed E-state index contributed by atoms with van der Waals surface area (Å²) in [7, 11) is 1.65. The first kappa shape index (κ1) is 8.05. The second-order valence-electron chi connectivity index (χ2n) is 4.20. The number of hydrogen-bond acceptors (Lipinski definition) is 2. The maximum Gasteiger partial charge on any atom is 0.307 e. The van der Waals surface area contributed by atoms with Gasteiger partial charge < -0.3 is 9.84 Å². The fourth-order valence-electron chi connectivity index (χ4n) is 2.99. The molecule has 3 nitrogen and oxygen atoms in total. The SMILES string of the molecule is COCC12CC(CC1C(=O)O)C2. The van der Waals surface area contributed by atoms with Crippen molar-refractivity contribution in [2.75, 3.05) is 13.7 Å². The van der Waals surface area contributed by atoms with Crippen LogP contribution in [0.2, 0.25) is 0 Å². The van der Waals surface area contributed by atoms with Crippen molar-refractivity contribution >= 4 is 5.97 Å². The highest BCUT2D eigenvalue weighted by Gasteiger charge is 2.59. The molecular formula is C9H14O3. The van der Waals surface area contributed by atoms with Gasteiger partial charge in [0, 0.05) is 12.5 Å². The van der Waals surface area contributed by atoms with E-state index >= 15 is 0 Å². The minimum absolute atomic E-state index is 0.00521. The van der Waals surface area contributed by atoms with Gasteiger partial charge in [-0.15, -0.1) is 0 Å². The van der Waals surface area contributed by atoms with Gasteiger partial charge in [0.25, 0.3) is 0 Å². The molecule has 3 heteroatoms. The molecule has 0 radical (unpaired) electrons. The normalized spacial score (nSPS) is 44.1. The Hall–Kier alpha value is -0.570. The van der Waals surface area contributed by atoms with Crippen LogP contribution in [0.1, 0.15) is 19.3 Å². The molecule has 0 aromatic carbocycles. The Morgan fingerprint density at radius 1 is 1.67 bits per heavy atom. The van der Waals surface area contributed by atoms with E-state index in [0.717, 1.165) is 19.3 Å². The molecule has 12 heavy (non-hydrogen) atoms. The van der Waals surface area contributed by atoms with Gasteiger partial charge in [-0.25, -0.2) is 0 Å². The number of rotatable bonds is 3. The third-order valence-electron chi connectivity index (χ3n) is 3.43. The third kappa shape index (κ3) is 0.891. The molecule has 2 bridgehead atoms. The molecule has 1 unspecified atom stereocenters. The Bertz CT molecular complexity index is 206. The minimum Gasteiger partial charge on any atom is -0.481 e. The lowest BCUT2D eigenvalue weighted by Gasteiger charge is -2.39. The fraction of sp³-hybridized carbons (Fsp3) is 0.889. The molecule has 0 aromatic heterocycles. The van der Waals surface area contributed by atoms with Crippen LogP contribution in [0.5, 0.6) is 0 Å². The van der Waals surface area contributed by atoms with Crippen molar-refractivity contribution in [2.45, 2.75) is 19.3 Å². The Balaban J connectivity index is 2.10. The molecule has 3 fully saturated rings. The van der Waals surface area contributed by atoms with E-state index < -0.39 is 5.97 Å². The molecule has 3 aliphatic rings. The van der Waals surface area contributed by atoms with Crippen LogP contribution in [0.3, 0.4) is 0 Å². The minimum atomic E-state index is -0.632. The Kier molecular flexibility index (Phi) is 1.65. The molecule has 1 N–H and O–H groups in total. The monoisotopic (exact) mass is 170 g/mol. The average molecular weight is 170 g/mol. The van der Waals surface area contributed by atoms with Crippen LogP contribution in [0.15, 0.2) is 0 Å². The summed E-state index contributed by atoms with van der Waals surface area (Å²) in [4.78, 5) is 10.9. The maximum absolute atomic E-state index is 10.9. The molecule has 0 saturated heterocycles. The van der Waals surface area contributed by atoms with Crippen molar-refractivity contribution in [3.05, 3.63) is 0 Å². The molecule has 0 aromatic rings. The zero-order valence-electron chi connectivity index (χ0n) is 7.25. The van der Waals surface area contributed by atoms with Gasteiger partial charge in [0.2, 0.25) is 0 Å². The van der Waals surface area contributed by atoms with Crippen LogP contribution in [0, 0.1) is 17.3 Å². The van der Waals surface area contributed by atoms with Crippen LogP contribution in [-0.2, 0) is 9.53 Å². The number of aliphatic carboxylic acids is 1. The van der Waals surface area contributed by atoms with Gasteiger partial charge in [-0.3, -0.25) is 4.79 Å². The molecule has 0 heterocycles. The number of carboxylic acid groups (broad SMARTS) is 1. The summed E-state index contributed by atoms with van der Waals surface area (Å²) in [6.45, 7) is 0.625. The van der Waals surface area contributed by atoms with E-state index in [1.165, 1.54) is 0 Å². The zero-order valence-corrected chi connectivity index (χ0v) is 7.25. The lowest BCUT2D eigenvalue weighted by molar-refractivity contribution is -0.147. The third-order valence-corrected chi connectivity index (χ3v) is 3.43. The van der Waals surface area contributed by atoms with Crippen molar-refractivity contribution in [1.82, 2.24) is 0 Å². The lowest BCUT2D eigenvalue weighted by atomic mass is 9.67. The van der Waals surface area contributed by atoms with Gasteiger partial charge in [0.1, 0.15) is 0 Å². The van der Waals surface area contributed by atoms with Gasteiger partial charge >= 0.3 is 5.97 Å². The highest BCUT2D eigenvalue weighted by molar-refractivity contribution is 5.72. The number of fused-ring (bicyclic) bond motifs is 1. The summed E-state index contributed by atoms with van der Waals surface area (Å²) in [6, 6.07) is 0. The summed E-state index contributed by atoms with van der Waals surface area (Å²) in [5, 5.41) is 8.95. The molecule has 3 rings (SSSR count). The Labute approximate surface area is 71.7 Å². The summed E-state index contributed by atoms with van der Waals surface area (Å²) < 4.78 is 5.08. The lowest BCUT2D eigenvalue weighted by Crippen LogP contribution is -2.39. The van der Waals surface area contributed by atoms with Crippen molar-refractivity contribution < 1.29 is 14.6 Å². The van der Waals surface area contributed by atoms with Gasteiger partial charge in [-0.2, -0.15) is 0 Å². The molecule has 0 amide bonds. The quantitative estimate of drug-likeness (QED) is 0.690. The van der Waals surface area contributed by atoms with E-state index in [9.17, 15) is 4.79 Å². The van der Waals surface area contributed by atoms with E-state index in [1.54, 1.807) is 7.11 Å². The molecule has 0 spiro atoms. The predicted octanol–water partition coefficient (Wildman–Crippen LogP) is 1.13. The zero-order chi connectivity index (χ0) is 8.77. The Morgan fingerprint density at radius 3 is 2.83 bits per heavy atom. The average Bonchev–Trinajstić information content (AvgIpc) is 2.40. The topological polar surface area (TPSA) is 46.5 Å². The van der Waals surface area contributed by atoms with E-state index in [0.29, 0.717) is 12.5 Å². The van der Waals surface area contributed by atoms with E-state index in [1.807, 2.05) is 0 Å². The second-order valence-corrected chi connectivity index (χ2v) is 4.20. The summed E-state index contributed by atoms with van der Waals surface area (Å²) in [5.74, 6) is -0.101. The van der Waals surface area contributed by atoms with Gasteiger partial charge in [-0.1, -0.05) is 0 Å². The van der Waals surface area contributed by atoms with Crippen LogP contribution in [0.4, 0.5) is 0 Å². The summed E-state index contributed by atoms with van der Waals surface area (Å²) in [6.07, 6.45) is 3.01. The predicted molar refractivity (Wildman–Crippen MR) is 42.8 cm³/mol. The van der Waals surface area contributed by atoms with E-state index in [-0.39, 0.29) is 11.3 Å². The first-order chi connectivity index (χ1) is 5.68. The second kappa shape index (κ2) is 2.46. The summed E-state index contributed by atoms with van der Waals surface area (Å²) in [5.41, 5.74) is 0.00521. The van der Waals surface area contributed by atoms with Crippen molar-refractivity contribution in [2.24, 2.45) is 17.3 Å². The molecule has 1 atom stereocenters. The van der Waals surface area contributed by atoms with Crippen molar-refractivity contribution in [3.8, 4) is 0 Å². The first-order valence-electron chi connectivity index (χ1n) is 4.40. The molecule has 0 aliphatic heterocycles. The number of methoxy groups -OCH3 is 1. The highest BCUT2D eigenvalue weighted by Crippen LogP contribution is 2.62. The number of hydrogen-bond donors (Lipinski definition) is 1. The van der Waals surface area contributed by atoms with E-state index in [4.69, 9.17) is 9.84 Å². The smallest absolute Gasteiger partial charge is 0.307 e. The Morgan fingerprint density at radius 2 is 2.33 bits per heavy atom. The summed E-state index contributed by atoms with van der Waals surface area (Å²) >= 11 is 0. The van der Waals surface area contributed by atoms with Crippen LogP contribution in [-0.4, -0.2) is 24.8 Å². The molecule has 68 valence electrons. The number of ether oxygens (including phenoxy) is 1. The van der Waals surface area contributed by atoms with Gasteiger partial charge in [0.05, 0.1) is 12.5 Å². The van der Waals surface area contributed by atoms with Crippen LogP contribution in [0.25, 0.3) is 0 Å². The van der Waals surface area contributed by atoms with Gasteiger partial charge in [0.15, 0.2) is 0 Å². The fourth-order valence-corrected chi connectivity index (χ4v) is 2.99. The van der Waals surface area contributed by atoms with E-state index in [2.05, 4.69) is 0 Å². The largest absolute Gasteiger partial charge is 0.481 e. The standard InChI is InChI=1S/C9H14O3/c1-12-5-9-3-6(4-9)2-7(9)8(10)11/h6-7H,2-5H2,1H3,(H,10,11). The van der Waals surface area contributed by atoms with Crippen LogP contribution < -0.4 is 0 Å². The molecule has 3 aliphatic carbocycles.